The van der Waals surface area contributed by atoms with Crippen LogP contribution in [0, 0.1) is 11.3 Å². The van der Waals surface area contributed by atoms with Gasteiger partial charge in [0.05, 0.1) is 34.0 Å². The lowest BCUT2D eigenvalue weighted by Gasteiger charge is -2.06. The van der Waals surface area contributed by atoms with Crippen LogP contribution in [-0.4, -0.2) is 15.2 Å². The standard InChI is InChI=1S/C19H11N3O/c20-11-14-10-17(19(23)13-6-2-1-3-7-13)22-16-9-5-4-8-15(16)21-12-18(14)22/h1-10,12H. The zero-order chi connectivity index (χ0) is 15.8. The normalized spacial score (nSPS) is 10.7. The van der Waals surface area contributed by atoms with Gasteiger partial charge in [0.2, 0.25) is 5.78 Å². The second-order valence-electron chi connectivity index (χ2n) is 5.22. The van der Waals surface area contributed by atoms with Crippen molar-refractivity contribution in [3.63, 3.8) is 0 Å². The smallest absolute Gasteiger partial charge is 0.209 e. The fraction of sp³-hybridized carbons (Fsp3) is 0. The lowest BCUT2D eigenvalue weighted by Crippen LogP contribution is -2.06. The number of nitrogens with zero attached hydrogens (tertiary/aromatic N) is 3. The average Bonchev–Trinajstić information content (AvgIpc) is 3.01. The second-order valence-corrected chi connectivity index (χ2v) is 5.22. The van der Waals surface area contributed by atoms with E-state index in [1.807, 2.05) is 46.9 Å². The monoisotopic (exact) mass is 297 g/mol. The number of benzene rings is 2. The van der Waals surface area contributed by atoms with Gasteiger partial charge in [0.25, 0.3) is 0 Å². The molecule has 2 aromatic carbocycles. The molecule has 0 fully saturated rings. The van der Waals surface area contributed by atoms with Crippen molar-refractivity contribution in [3.05, 3.63) is 83.7 Å². The molecule has 4 heteroatoms. The molecule has 0 spiro atoms. The number of para-hydroxylation sites is 2. The van der Waals surface area contributed by atoms with E-state index in [4.69, 9.17) is 0 Å². The molecule has 0 saturated heterocycles. The molecular formula is C19H11N3O. The van der Waals surface area contributed by atoms with E-state index in [1.54, 1.807) is 24.4 Å². The van der Waals surface area contributed by atoms with Gasteiger partial charge in [-0.2, -0.15) is 5.26 Å². The van der Waals surface area contributed by atoms with Crippen LogP contribution in [0.5, 0.6) is 0 Å². The fourth-order valence-electron chi connectivity index (χ4n) is 2.80. The Bertz CT molecular complexity index is 1090. The number of rotatable bonds is 2. The average molecular weight is 297 g/mol. The van der Waals surface area contributed by atoms with Crippen molar-refractivity contribution in [2.45, 2.75) is 0 Å². The van der Waals surface area contributed by atoms with Crippen molar-refractivity contribution >= 4 is 22.3 Å². The number of nitriles is 1. The van der Waals surface area contributed by atoms with Gasteiger partial charge in [-0.15, -0.1) is 0 Å². The summed E-state index contributed by atoms with van der Waals surface area (Å²) in [6.07, 6.45) is 1.64. The number of hydrogen-bond donors (Lipinski definition) is 0. The Morgan fingerprint density at radius 3 is 2.52 bits per heavy atom. The van der Waals surface area contributed by atoms with Crippen molar-refractivity contribution in [2.24, 2.45) is 0 Å². The summed E-state index contributed by atoms with van der Waals surface area (Å²) >= 11 is 0. The number of hydrogen-bond acceptors (Lipinski definition) is 3. The minimum absolute atomic E-state index is 0.113. The number of fused-ring (bicyclic) bond motifs is 3. The minimum atomic E-state index is -0.113. The fourth-order valence-corrected chi connectivity index (χ4v) is 2.80. The lowest BCUT2D eigenvalue weighted by molar-refractivity contribution is 0.103. The Morgan fingerprint density at radius 2 is 1.74 bits per heavy atom. The maximum Gasteiger partial charge on any atom is 0.209 e. The summed E-state index contributed by atoms with van der Waals surface area (Å²) in [5, 5.41) is 9.37. The Morgan fingerprint density at radius 1 is 1.00 bits per heavy atom. The van der Waals surface area contributed by atoms with Crippen LogP contribution in [0.25, 0.3) is 16.6 Å². The number of aromatic nitrogens is 2. The lowest BCUT2D eigenvalue weighted by atomic mass is 10.1. The van der Waals surface area contributed by atoms with Crippen LogP contribution in [0.3, 0.4) is 0 Å². The van der Waals surface area contributed by atoms with Crippen LogP contribution in [0.1, 0.15) is 21.6 Å². The Hall–Kier alpha value is -3.45. The summed E-state index contributed by atoms with van der Waals surface area (Å²) < 4.78 is 1.82. The molecule has 4 nitrogen and oxygen atoms in total. The first-order valence-electron chi connectivity index (χ1n) is 7.18. The summed E-state index contributed by atoms with van der Waals surface area (Å²) in [5.74, 6) is -0.113. The molecule has 4 rings (SSSR count). The molecule has 0 bridgehead atoms. The molecule has 108 valence electrons. The molecule has 0 saturated carbocycles. The van der Waals surface area contributed by atoms with Crippen LogP contribution in [0.2, 0.25) is 0 Å². The van der Waals surface area contributed by atoms with Crippen molar-refractivity contribution in [2.75, 3.05) is 0 Å². The summed E-state index contributed by atoms with van der Waals surface area (Å²) in [6, 6.07) is 20.4. The molecule has 0 atom stereocenters. The van der Waals surface area contributed by atoms with Gasteiger partial charge in [0.15, 0.2) is 0 Å². The molecule has 0 N–H and O–H groups in total. The number of carbonyl (C=O) groups excluding carboxylic acids is 1. The third-order valence-corrected chi connectivity index (χ3v) is 3.88. The zero-order valence-corrected chi connectivity index (χ0v) is 12.1. The Labute approximate surface area is 132 Å². The van der Waals surface area contributed by atoms with E-state index in [0.29, 0.717) is 22.3 Å². The van der Waals surface area contributed by atoms with E-state index in [9.17, 15) is 10.1 Å². The van der Waals surface area contributed by atoms with Gasteiger partial charge in [-0.1, -0.05) is 42.5 Å². The zero-order valence-electron chi connectivity index (χ0n) is 12.1. The minimum Gasteiger partial charge on any atom is -0.302 e. The highest BCUT2D eigenvalue weighted by Crippen LogP contribution is 2.23. The van der Waals surface area contributed by atoms with Gasteiger partial charge < -0.3 is 4.40 Å². The number of ketones is 1. The SMILES string of the molecule is N#Cc1cc(C(=O)c2ccccc2)n2c1cnc1ccccc12. The van der Waals surface area contributed by atoms with Crippen molar-refractivity contribution in [3.8, 4) is 6.07 Å². The van der Waals surface area contributed by atoms with E-state index in [-0.39, 0.29) is 5.78 Å². The Kier molecular flexibility index (Phi) is 2.92. The first kappa shape index (κ1) is 13.2. The summed E-state index contributed by atoms with van der Waals surface area (Å²) in [7, 11) is 0. The molecule has 0 aliphatic carbocycles. The third-order valence-electron chi connectivity index (χ3n) is 3.88. The van der Waals surface area contributed by atoms with E-state index in [0.717, 1.165) is 11.0 Å². The van der Waals surface area contributed by atoms with Gasteiger partial charge in [-0.3, -0.25) is 9.78 Å². The summed E-state index contributed by atoms with van der Waals surface area (Å²) in [5.41, 5.74) is 3.75. The predicted molar refractivity (Wildman–Crippen MR) is 87.3 cm³/mol. The molecule has 2 aromatic heterocycles. The number of carbonyl (C=O) groups is 1. The highest BCUT2D eigenvalue weighted by atomic mass is 16.1. The maximum absolute atomic E-state index is 12.9. The largest absolute Gasteiger partial charge is 0.302 e. The molecule has 0 unspecified atom stereocenters. The highest BCUT2D eigenvalue weighted by Gasteiger charge is 2.18. The van der Waals surface area contributed by atoms with Crippen LogP contribution < -0.4 is 0 Å². The first-order chi connectivity index (χ1) is 11.3. The molecule has 23 heavy (non-hydrogen) atoms. The van der Waals surface area contributed by atoms with Crippen LogP contribution >= 0.6 is 0 Å². The van der Waals surface area contributed by atoms with Gasteiger partial charge in [-0.05, 0) is 18.2 Å². The van der Waals surface area contributed by atoms with Gasteiger partial charge in [0.1, 0.15) is 6.07 Å². The van der Waals surface area contributed by atoms with Crippen LogP contribution in [0.15, 0.2) is 66.9 Å². The maximum atomic E-state index is 12.9. The molecular weight excluding hydrogens is 286 g/mol. The second kappa shape index (κ2) is 5.08. The van der Waals surface area contributed by atoms with Gasteiger partial charge in [0, 0.05) is 5.56 Å². The van der Waals surface area contributed by atoms with Gasteiger partial charge in [-0.25, -0.2) is 0 Å². The quantitative estimate of drug-likeness (QED) is 0.531. The summed E-state index contributed by atoms with van der Waals surface area (Å²) in [4.78, 5) is 17.3. The molecule has 0 aliphatic rings. The van der Waals surface area contributed by atoms with Crippen LogP contribution in [-0.2, 0) is 0 Å². The topological polar surface area (TPSA) is 58.2 Å². The van der Waals surface area contributed by atoms with E-state index >= 15 is 0 Å². The van der Waals surface area contributed by atoms with Crippen molar-refractivity contribution in [1.82, 2.24) is 9.38 Å². The first-order valence-corrected chi connectivity index (χ1v) is 7.18. The molecule has 4 aromatic rings. The third kappa shape index (κ3) is 1.99. The molecule has 2 heterocycles. The van der Waals surface area contributed by atoms with E-state index in [2.05, 4.69) is 11.1 Å². The predicted octanol–water partition coefficient (Wildman–Crippen LogP) is 3.59. The van der Waals surface area contributed by atoms with Crippen molar-refractivity contribution in [1.29, 1.82) is 5.26 Å². The molecule has 0 aliphatic heterocycles. The van der Waals surface area contributed by atoms with E-state index < -0.39 is 0 Å². The van der Waals surface area contributed by atoms with E-state index in [1.165, 1.54) is 0 Å². The molecule has 0 amide bonds. The van der Waals surface area contributed by atoms with Crippen molar-refractivity contribution < 1.29 is 4.79 Å². The Balaban J connectivity index is 2.09. The summed E-state index contributed by atoms with van der Waals surface area (Å²) in [6.45, 7) is 0. The highest BCUT2D eigenvalue weighted by molar-refractivity contribution is 6.10. The van der Waals surface area contributed by atoms with Gasteiger partial charge >= 0.3 is 0 Å². The molecule has 0 radical (unpaired) electrons. The van der Waals surface area contributed by atoms with Crippen LogP contribution in [0.4, 0.5) is 0 Å².